The van der Waals surface area contributed by atoms with Crippen molar-refractivity contribution in [1.82, 2.24) is 0 Å². The molecule has 0 radical (unpaired) electrons. The maximum atomic E-state index is 9.63. The Morgan fingerprint density at radius 2 is 2.00 bits per heavy atom. The molecule has 0 heterocycles. The van der Waals surface area contributed by atoms with Gasteiger partial charge in [0, 0.05) is 0 Å². The lowest BCUT2D eigenvalue weighted by Gasteiger charge is -2.44. The molecular weight excluding hydrogens is 124 g/mol. The van der Waals surface area contributed by atoms with Crippen molar-refractivity contribution in [2.45, 2.75) is 52.1 Å². The lowest BCUT2D eigenvalue weighted by atomic mass is 9.63. The molecule has 0 bridgehead atoms. The molecule has 0 saturated heterocycles. The normalized spacial score (nSPS) is 25.5. The number of aliphatic hydroxyl groups is 1. The Bertz CT molecular complexity index is 99.8. The number of aliphatic hydroxyl groups excluding tert-OH is 1. The monoisotopic (exact) mass is 142 g/mol. The minimum absolute atomic E-state index is 0.0359. The molecule has 1 aliphatic rings. The Hall–Kier alpha value is -0.0400. The summed E-state index contributed by atoms with van der Waals surface area (Å²) >= 11 is 0. The summed E-state index contributed by atoms with van der Waals surface area (Å²) in [6.07, 6.45) is 5.86. The fourth-order valence-corrected chi connectivity index (χ4v) is 1.99. The molecule has 1 saturated carbocycles. The Morgan fingerprint density at radius 3 is 2.10 bits per heavy atom. The van der Waals surface area contributed by atoms with Crippen LogP contribution in [0.1, 0.15) is 46.0 Å². The van der Waals surface area contributed by atoms with Gasteiger partial charge in [-0.2, -0.15) is 0 Å². The first-order valence-electron chi connectivity index (χ1n) is 4.43. The maximum Gasteiger partial charge on any atom is 0.0593 e. The summed E-state index contributed by atoms with van der Waals surface area (Å²) in [6, 6.07) is 0. The topological polar surface area (TPSA) is 20.2 Å². The lowest BCUT2D eigenvalue weighted by Crippen LogP contribution is -2.40. The van der Waals surface area contributed by atoms with Crippen LogP contribution in [0.25, 0.3) is 0 Å². The molecule has 60 valence electrons. The Morgan fingerprint density at radius 1 is 1.40 bits per heavy atom. The van der Waals surface area contributed by atoms with Gasteiger partial charge in [0.1, 0.15) is 0 Å². The third-order valence-electron chi connectivity index (χ3n) is 3.15. The van der Waals surface area contributed by atoms with Crippen molar-refractivity contribution in [3.63, 3.8) is 0 Å². The van der Waals surface area contributed by atoms with Crippen LogP contribution in [0.3, 0.4) is 0 Å². The summed E-state index contributed by atoms with van der Waals surface area (Å²) in [7, 11) is 0. The van der Waals surface area contributed by atoms with Gasteiger partial charge in [-0.25, -0.2) is 0 Å². The largest absolute Gasteiger partial charge is 0.393 e. The lowest BCUT2D eigenvalue weighted by molar-refractivity contribution is -0.0392. The average Bonchev–Trinajstić information content (AvgIpc) is 1.86. The molecule has 1 heteroatoms. The van der Waals surface area contributed by atoms with Crippen molar-refractivity contribution in [3.8, 4) is 0 Å². The molecule has 0 spiro atoms. The first-order valence-corrected chi connectivity index (χ1v) is 4.43. The van der Waals surface area contributed by atoms with E-state index in [0.717, 1.165) is 12.8 Å². The van der Waals surface area contributed by atoms with Crippen LogP contribution in [0.4, 0.5) is 0 Å². The van der Waals surface area contributed by atoms with Gasteiger partial charge in [-0.15, -0.1) is 0 Å². The van der Waals surface area contributed by atoms with E-state index in [1.807, 2.05) is 0 Å². The fraction of sp³-hybridized carbons (Fsp3) is 1.00. The van der Waals surface area contributed by atoms with E-state index in [1.54, 1.807) is 0 Å². The van der Waals surface area contributed by atoms with E-state index in [9.17, 15) is 5.11 Å². The van der Waals surface area contributed by atoms with Gasteiger partial charge in [0.25, 0.3) is 0 Å². The molecule has 1 fully saturated rings. The van der Waals surface area contributed by atoms with Gasteiger partial charge in [0.2, 0.25) is 0 Å². The van der Waals surface area contributed by atoms with Crippen molar-refractivity contribution >= 4 is 0 Å². The van der Waals surface area contributed by atoms with Crippen molar-refractivity contribution in [2.75, 3.05) is 0 Å². The summed E-state index contributed by atoms with van der Waals surface area (Å²) in [5.41, 5.74) is 0.328. The van der Waals surface area contributed by atoms with Crippen LogP contribution < -0.4 is 0 Å². The third-order valence-corrected chi connectivity index (χ3v) is 3.15. The predicted molar refractivity (Wildman–Crippen MR) is 42.9 cm³/mol. The van der Waals surface area contributed by atoms with E-state index in [0.29, 0.717) is 5.41 Å². The standard InChI is InChI=1S/C9H18O/c1-3-8(10)9(4-2)6-5-7-9/h8,10H,3-7H2,1-2H3. The van der Waals surface area contributed by atoms with Crippen LogP contribution in [-0.4, -0.2) is 11.2 Å². The number of rotatable bonds is 3. The fourth-order valence-electron chi connectivity index (χ4n) is 1.99. The highest BCUT2D eigenvalue weighted by Crippen LogP contribution is 2.47. The highest BCUT2D eigenvalue weighted by atomic mass is 16.3. The highest BCUT2D eigenvalue weighted by Gasteiger charge is 2.40. The van der Waals surface area contributed by atoms with Gasteiger partial charge in [-0.3, -0.25) is 0 Å². The first kappa shape index (κ1) is 8.06. The molecule has 0 aromatic heterocycles. The van der Waals surface area contributed by atoms with Gasteiger partial charge in [0.05, 0.1) is 6.10 Å². The van der Waals surface area contributed by atoms with Crippen LogP contribution in [0.15, 0.2) is 0 Å². The molecule has 1 unspecified atom stereocenters. The summed E-state index contributed by atoms with van der Waals surface area (Å²) in [4.78, 5) is 0. The van der Waals surface area contributed by atoms with E-state index in [-0.39, 0.29) is 6.10 Å². The second kappa shape index (κ2) is 2.91. The van der Waals surface area contributed by atoms with Crippen LogP contribution >= 0.6 is 0 Å². The zero-order valence-electron chi connectivity index (χ0n) is 7.06. The van der Waals surface area contributed by atoms with Crippen molar-refractivity contribution in [1.29, 1.82) is 0 Å². The number of hydrogen-bond donors (Lipinski definition) is 1. The summed E-state index contributed by atoms with van der Waals surface area (Å²) in [5, 5.41) is 9.63. The van der Waals surface area contributed by atoms with E-state index < -0.39 is 0 Å². The second-order valence-corrected chi connectivity index (χ2v) is 3.49. The average molecular weight is 142 g/mol. The minimum Gasteiger partial charge on any atom is -0.393 e. The first-order chi connectivity index (χ1) is 4.75. The van der Waals surface area contributed by atoms with Crippen LogP contribution in [0, 0.1) is 5.41 Å². The Balaban J connectivity index is 2.46. The van der Waals surface area contributed by atoms with Crippen LogP contribution in [0.2, 0.25) is 0 Å². The van der Waals surface area contributed by atoms with E-state index >= 15 is 0 Å². The van der Waals surface area contributed by atoms with Crippen LogP contribution in [-0.2, 0) is 0 Å². The van der Waals surface area contributed by atoms with Crippen LogP contribution in [0.5, 0.6) is 0 Å². The quantitative estimate of drug-likeness (QED) is 0.641. The van der Waals surface area contributed by atoms with Crippen molar-refractivity contribution < 1.29 is 5.11 Å². The molecule has 0 aromatic rings. The predicted octanol–water partition coefficient (Wildman–Crippen LogP) is 2.34. The minimum atomic E-state index is -0.0359. The molecule has 0 aromatic carbocycles. The summed E-state index contributed by atoms with van der Waals surface area (Å²) in [5.74, 6) is 0. The second-order valence-electron chi connectivity index (χ2n) is 3.49. The Kier molecular flexibility index (Phi) is 2.35. The molecule has 1 N–H and O–H groups in total. The summed E-state index contributed by atoms with van der Waals surface area (Å²) < 4.78 is 0. The van der Waals surface area contributed by atoms with Gasteiger partial charge in [-0.05, 0) is 31.1 Å². The van der Waals surface area contributed by atoms with E-state index in [1.165, 1.54) is 19.3 Å². The highest BCUT2D eigenvalue weighted by molar-refractivity contribution is 4.91. The third kappa shape index (κ3) is 1.07. The molecule has 1 nitrogen and oxygen atoms in total. The molecule has 0 aliphatic heterocycles. The smallest absolute Gasteiger partial charge is 0.0593 e. The molecule has 1 rings (SSSR count). The van der Waals surface area contributed by atoms with E-state index in [4.69, 9.17) is 0 Å². The maximum absolute atomic E-state index is 9.63. The SMILES string of the molecule is CCC(O)C1(CC)CCC1. The van der Waals surface area contributed by atoms with Gasteiger partial charge < -0.3 is 5.11 Å². The van der Waals surface area contributed by atoms with Gasteiger partial charge in [0.15, 0.2) is 0 Å². The van der Waals surface area contributed by atoms with Crippen molar-refractivity contribution in [2.24, 2.45) is 5.41 Å². The molecule has 1 aliphatic carbocycles. The molecular formula is C9H18O. The number of hydrogen-bond acceptors (Lipinski definition) is 1. The molecule has 0 amide bonds. The van der Waals surface area contributed by atoms with Crippen molar-refractivity contribution in [3.05, 3.63) is 0 Å². The molecule has 10 heavy (non-hydrogen) atoms. The zero-order valence-corrected chi connectivity index (χ0v) is 7.06. The molecule has 1 atom stereocenters. The van der Waals surface area contributed by atoms with Gasteiger partial charge >= 0.3 is 0 Å². The Labute approximate surface area is 63.4 Å². The van der Waals surface area contributed by atoms with E-state index in [2.05, 4.69) is 13.8 Å². The zero-order chi connectivity index (χ0) is 7.61. The van der Waals surface area contributed by atoms with Gasteiger partial charge in [-0.1, -0.05) is 20.3 Å². The summed E-state index contributed by atoms with van der Waals surface area (Å²) in [6.45, 7) is 4.26.